The third kappa shape index (κ3) is 2.70. The lowest BCUT2D eigenvalue weighted by Crippen LogP contribution is -2.33. The van der Waals surface area contributed by atoms with Crippen LogP contribution in [-0.2, 0) is 0 Å². The van der Waals surface area contributed by atoms with Gasteiger partial charge >= 0.3 is 0 Å². The molecule has 4 heteroatoms. The predicted octanol–water partition coefficient (Wildman–Crippen LogP) is 1.34. The number of carbonyl (C=O) groups is 1. The number of nitrogens with zero attached hydrogens (tertiary/aromatic N) is 1. The van der Waals surface area contributed by atoms with Crippen LogP contribution in [0.2, 0.25) is 0 Å². The SMILES string of the molecule is CCOc1ccc(C(=O)N(C)N)cc1C. The smallest absolute Gasteiger partial charge is 0.267 e. The zero-order chi connectivity index (χ0) is 11.4. The Morgan fingerprint density at radius 1 is 1.53 bits per heavy atom. The number of rotatable bonds is 3. The first kappa shape index (κ1) is 11.5. The second-order valence-corrected chi connectivity index (χ2v) is 3.33. The molecule has 0 aromatic heterocycles. The molecule has 0 atom stereocenters. The van der Waals surface area contributed by atoms with Gasteiger partial charge in [0.05, 0.1) is 6.61 Å². The molecule has 15 heavy (non-hydrogen) atoms. The zero-order valence-electron chi connectivity index (χ0n) is 9.28. The molecule has 0 aliphatic heterocycles. The molecule has 1 rings (SSSR count). The van der Waals surface area contributed by atoms with Gasteiger partial charge in [-0.25, -0.2) is 5.84 Å². The molecular weight excluding hydrogens is 192 g/mol. The number of hydrazine groups is 1. The zero-order valence-corrected chi connectivity index (χ0v) is 9.28. The van der Waals surface area contributed by atoms with E-state index in [1.54, 1.807) is 18.2 Å². The fourth-order valence-corrected chi connectivity index (χ4v) is 1.30. The topological polar surface area (TPSA) is 55.6 Å². The summed E-state index contributed by atoms with van der Waals surface area (Å²) < 4.78 is 5.38. The van der Waals surface area contributed by atoms with Crippen LogP contribution >= 0.6 is 0 Å². The van der Waals surface area contributed by atoms with Crippen molar-refractivity contribution in [2.75, 3.05) is 13.7 Å². The van der Waals surface area contributed by atoms with Crippen LogP contribution in [0.5, 0.6) is 5.75 Å². The number of nitrogens with two attached hydrogens (primary N) is 1. The normalized spacial score (nSPS) is 9.87. The van der Waals surface area contributed by atoms with Gasteiger partial charge in [-0.15, -0.1) is 0 Å². The average molecular weight is 208 g/mol. The lowest BCUT2D eigenvalue weighted by molar-refractivity contribution is 0.0795. The third-order valence-electron chi connectivity index (χ3n) is 2.04. The van der Waals surface area contributed by atoms with Crippen LogP contribution in [0.25, 0.3) is 0 Å². The molecule has 0 saturated heterocycles. The van der Waals surface area contributed by atoms with Crippen molar-refractivity contribution < 1.29 is 9.53 Å². The molecule has 0 unspecified atom stereocenters. The molecule has 0 spiro atoms. The van der Waals surface area contributed by atoms with E-state index < -0.39 is 0 Å². The monoisotopic (exact) mass is 208 g/mol. The van der Waals surface area contributed by atoms with Gasteiger partial charge in [-0.1, -0.05) is 0 Å². The van der Waals surface area contributed by atoms with Gasteiger partial charge in [-0.2, -0.15) is 0 Å². The molecular formula is C11H16N2O2. The number of hydrogen-bond donors (Lipinski definition) is 1. The van der Waals surface area contributed by atoms with E-state index in [4.69, 9.17) is 10.6 Å². The van der Waals surface area contributed by atoms with Crippen LogP contribution in [0.4, 0.5) is 0 Å². The van der Waals surface area contributed by atoms with Gasteiger partial charge in [-0.3, -0.25) is 9.80 Å². The van der Waals surface area contributed by atoms with Crippen molar-refractivity contribution >= 4 is 5.91 Å². The number of carbonyl (C=O) groups excluding carboxylic acids is 1. The second-order valence-electron chi connectivity index (χ2n) is 3.33. The van der Waals surface area contributed by atoms with Gasteiger partial charge in [0.15, 0.2) is 0 Å². The van der Waals surface area contributed by atoms with Crippen molar-refractivity contribution in [3.05, 3.63) is 29.3 Å². The van der Waals surface area contributed by atoms with Gasteiger partial charge in [0, 0.05) is 12.6 Å². The lowest BCUT2D eigenvalue weighted by atomic mass is 10.1. The summed E-state index contributed by atoms with van der Waals surface area (Å²) in [5.41, 5.74) is 1.51. The van der Waals surface area contributed by atoms with E-state index in [0.717, 1.165) is 16.3 Å². The highest BCUT2D eigenvalue weighted by molar-refractivity contribution is 5.94. The van der Waals surface area contributed by atoms with E-state index in [-0.39, 0.29) is 5.91 Å². The van der Waals surface area contributed by atoms with Crippen LogP contribution < -0.4 is 10.6 Å². The second kappa shape index (κ2) is 4.79. The van der Waals surface area contributed by atoms with Crippen LogP contribution in [0.1, 0.15) is 22.8 Å². The number of benzene rings is 1. The molecule has 1 amide bonds. The van der Waals surface area contributed by atoms with E-state index in [1.807, 2.05) is 13.8 Å². The van der Waals surface area contributed by atoms with Gasteiger partial charge in [-0.05, 0) is 37.6 Å². The van der Waals surface area contributed by atoms with E-state index in [2.05, 4.69) is 0 Å². The summed E-state index contributed by atoms with van der Waals surface area (Å²) in [5.74, 6) is 5.96. The Balaban J connectivity index is 2.96. The minimum Gasteiger partial charge on any atom is -0.494 e. The van der Waals surface area contributed by atoms with Crippen molar-refractivity contribution in [3.63, 3.8) is 0 Å². The Morgan fingerprint density at radius 3 is 2.67 bits per heavy atom. The molecule has 0 saturated carbocycles. The van der Waals surface area contributed by atoms with Gasteiger partial charge < -0.3 is 4.74 Å². The fraction of sp³-hybridized carbons (Fsp3) is 0.364. The van der Waals surface area contributed by atoms with E-state index in [0.29, 0.717) is 12.2 Å². The first-order chi connectivity index (χ1) is 7.06. The molecule has 0 aliphatic rings. The van der Waals surface area contributed by atoms with Crippen LogP contribution in [-0.4, -0.2) is 24.6 Å². The summed E-state index contributed by atoms with van der Waals surface area (Å²) in [6.45, 7) is 4.44. The number of amides is 1. The van der Waals surface area contributed by atoms with Crippen LogP contribution in [0.15, 0.2) is 18.2 Å². The highest BCUT2D eigenvalue weighted by Gasteiger charge is 2.09. The summed E-state index contributed by atoms with van der Waals surface area (Å²) in [5, 5.41) is 1.06. The molecule has 82 valence electrons. The molecule has 0 fully saturated rings. The number of ether oxygens (including phenoxy) is 1. The Bertz CT molecular complexity index is 362. The number of aryl methyl sites for hydroxylation is 1. The third-order valence-corrected chi connectivity index (χ3v) is 2.04. The maximum absolute atomic E-state index is 11.5. The lowest BCUT2D eigenvalue weighted by Gasteiger charge is -2.12. The summed E-state index contributed by atoms with van der Waals surface area (Å²) in [6.07, 6.45) is 0. The molecule has 4 nitrogen and oxygen atoms in total. The summed E-state index contributed by atoms with van der Waals surface area (Å²) >= 11 is 0. The molecule has 0 aliphatic carbocycles. The summed E-state index contributed by atoms with van der Waals surface area (Å²) in [6, 6.07) is 5.27. The largest absolute Gasteiger partial charge is 0.494 e. The van der Waals surface area contributed by atoms with Gasteiger partial charge in [0.1, 0.15) is 5.75 Å². The number of hydrogen-bond acceptors (Lipinski definition) is 3. The molecule has 0 heterocycles. The van der Waals surface area contributed by atoms with Crippen molar-refractivity contribution in [2.24, 2.45) is 5.84 Å². The van der Waals surface area contributed by atoms with Crippen LogP contribution in [0.3, 0.4) is 0 Å². The Labute approximate surface area is 89.6 Å². The Kier molecular flexibility index (Phi) is 3.68. The predicted molar refractivity (Wildman–Crippen MR) is 58.6 cm³/mol. The maximum atomic E-state index is 11.5. The Hall–Kier alpha value is -1.55. The van der Waals surface area contributed by atoms with E-state index in [1.165, 1.54) is 7.05 Å². The molecule has 2 N–H and O–H groups in total. The Morgan fingerprint density at radius 2 is 2.20 bits per heavy atom. The van der Waals surface area contributed by atoms with Crippen LogP contribution in [0, 0.1) is 6.92 Å². The van der Waals surface area contributed by atoms with Gasteiger partial charge in [0.2, 0.25) is 0 Å². The van der Waals surface area contributed by atoms with E-state index >= 15 is 0 Å². The first-order valence-electron chi connectivity index (χ1n) is 4.82. The van der Waals surface area contributed by atoms with E-state index in [9.17, 15) is 4.79 Å². The molecule has 1 aromatic rings. The van der Waals surface area contributed by atoms with Gasteiger partial charge in [0.25, 0.3) is 5.91 Å². The quantitative estimate of drug-likeness (QED) is 0.463. The first-order valence-corrected chi connectivity index (χ1v) is 4.82. The molecule has 1 aromatic carbocycles. The maximum Gasteiger partial charge on any atom is 0.267 e. The summed E-state index contributed by atoms with van der Waals surface area (Å²) in [7, 11) is 1.52. The molecule has 0 bridgehead atoms. The summed E-state index contributed by atoms with van der Waals surface area (Å²) in [4.78, 5) is 11.5. The van der Waals surface area contributed by atoms with Crippen molar-refractivity contribution in [1.82, 2.24) is 5.01 Å². The van der Waals surface area contributed by atoms with Crippen molar-refractivity contribution in [3.8, 4) is 5.75 Å². The van der Waals surface area contributed by atoms with Crippen molar-refractivity contribution in [2.45, 2.75) is 13.8 Å². The molecule has 0 radical (unpaired) electrons. The highest BCUT2D eigenvalue weighted by Crippen LogP contribution is 2.19. The standard InChI is InChI=1S/C11H16N2O2/c1-4-15-10-6-5-9(7-8(10)2)11(14)13(3)12/h5-7H,4,12H2,1-3H3. The highest BCUT2D eigenvalue weighted by atomic mass is 16.5. The van der Waals surface area contributed by atoms with Crippen molar-refractivity contribution in [1.29, 1.82) is 0 Å². The minimum absolute atomic E-state index is 0.207. The fourth-order valence-electron chi connectivity index (χ4n) is 1.30. The average Bonchev–Trinajstić information content (AvgIpc) is 2.20. The minimum atomic E-state index is -0.207.